The fourth-order valence-corrected chi connectivity index (χ4v) is 0. The van der Waals surface area contributed by atoms with E-state index in [1.165, 1.54) is 0 Å². The van der Waals surface area contributed by atoms with Crippen molar-refractivity contribution in [3.8, 4) is 0 Å². The smallest absolute Gasteiger partial charge is 1.00 e. The molecular weight excluding hydrogens is 220 g/mol. The molecule has 0 aromatic heterocycles. The summed E-state index contributed by atoms with van der Waals surface area (Å²) < 4.78 is 0.0417. The zero-order valence-corrected chi connectivity index (χ0v) is 8.51. The van der Waals surface area contributed by atoms with Crippen LogP contribution >= 0.6 is 0 Å². The van der Waals surface area contributed by atoms with E-state index in [9.17, 15) is 0 Å². The number of hydrogen-bond donors (Lipinski definition) is 2. The Labute approximate surface area is 63.7 Å². The summed E-state index contributed by atoms with van der Waals surface area (Å²) in [6.45, 7) is 0. The molecule has 0 unspecified atom stereocenters. The average molecular weight is 223 g/mol. The van der Waals surface area contributed by atoms with Crippen molar-refractivity contribution in [1.29, 1.82) is 5.41 Å². The molecule has 0 atom stereocenters. The third kappa shape index (κ3) is 91.6. The Kier molecular flexibility index (Phi) is 24.5. The molecule has 0 rings (SSSR count). The van der Waals surface area contributed by atoms with Crippen molar-refractivity contribution in [3.63, 3.8) is 0 Å². The Morgan fingerprint density at radius 2 is 1.67 bits per heavy atom. The predicted octanol–water partition coefficient (Wildman–Crippen LogP) is -3.95. The van der Waals surface area contributed by atoms with Gasteiger partial charge in [0.1, 0.15) is 0 Å². The minimum atomic E-state index is 0. The van der Waals surface area contributed by atoms with Gasteiger partial charge in [0, 0.05) is 0 Å². The van der Waals surface area contributed by atoms with Crippen LogP contribution < -0.4 is 18.1 Å². The maximum absolute atomic E-state index is 6.22. The summed E-state index contributed by atoms with van der Waals surface area (Å²) in [6.07, 6.45) is 0. The first kappa shape index (κ1) is 15.8. The molecule has 0 aliphatic heterocycles. The van der Waals surface area contributed by atoms with Crippen LogP contribution in [0, 0.1) is 5.41 Å². The molecular formula is CH3ClN2SeZn+. The largest absolute Gasteiger partial charge is 2.00 e. The molecule has 0 aromatic carbocycles. The van der Waals surface area contributed by atoms with Crippen LogP contribution in [0.25, 0.3) is 0 Å². The van der Waals surface area contributed by atoms with Crippen molar-refractivity contribution in [2.45, 2.75) is 0 Å². The van der Waals surface area contributed by atoms with Gasteiger partial charge in [-0.15, -0.1) is 0 Å². The number of nitrogens with one attached hydrogen (secondary N) is 1. The topological polar surface area (TPSA) is 49.9 Å². The number of hydrogen-bond acceptors (Lipinski definition) is 1. The molecule has 0 aliphatic rings. The van der Waals surface area contributed by atoms with Crippen LogP contribution in [0.4, 0.5) is 0 Å². The zero-order chi connectivity index (χ0) is 3.58. The van der Waals surface area contributed by atoms with Gasteiger partial charge in [0.25, 0.3) is 0 Å². The van der Waals surface area contributed by atoms with Crippen LogP contribution in [0.5, 0.6) is 0 Å². The van der Waals surface area contributed by atoms with Gasteiger partial charge in [-0.2, -0.15) is 0 Å². The van der Waals surface area contributed by atoms with Gasteiger partial charge in [-0.1, -0.05) is 0 Å². The van der Waals surface area contributed by atoms with Crippen molar-refractivity contribution >= 4 is 20.7 Å². The van der Waals surface area contributed by atoms with Crippen LogP contribution in [0.15, 0.2) is 0 Å². The van der Waals surface area contributed by atoms with Crippen molar-refractivity contribution in [2.24, 2.45) is 5.73 Å². The summed E-state index contributed by atoms with van der Waals surface area (Å²) >= 11 is 2.26. The molecule has 3 N–H and O–H groups in total. The van der Waals surface area contributed by atoms with Gasteiger partial charge >= 0.3 is 51.4 Å². The molecule has 0 heterocycles. The van der Waals surface area contributed by atoms with Crippen LogP contribution in [0.3, 0.4) is 0 Å². The van der Waals surface area contributed by atoms with E-state index >= 15 is 0 Å². The van der Waals surface area contributed by atoms with E-state index in [2.05, 4.69) is 21.7 Å². The molecule has 0 amide bonds. The molecule has 5 heteroatoms. The summed E-state index contributed by atoms with van der Waals surface area (Å²) in [4.78, 5) is 0. The second-order valence-corrected chi connectivity index (χ2v) is 1.29. The Bertz CT molecular complexity index is 36.5. The third-order valence-electron chi connectivity index (χ3n) is 0. The summed E-state index contributed by atoms with van der Waals surface area (Å²) in [5.41, 5.74) is 4.64. The van der Waals surface area contributed by atoms with Crippen molar-refractivity contribution in [2.75, 3.05) is 0 Å². The first-order valence-corrected chi connectivity index (χ1v) is 1.60. The molecule has 6 heavy (non-hydrogen) atoms. The van der Waals surface area contributed by atoms with Crippen LogP contribution in [-0.2, 0) is 19.5 Å². The van der Waals surface area contributed by atoms with Gasteiger partial charge in [0.05, 0.1) is 0 Å². The number of amidine groups is 1. The minimum Gasteiger partial charge on any atom is -1.00 e. The summed E-state index contributed by atoms with van der Waals surface area (Å²) in [6, 6.07) is 0. The van der Waals surface area contributed by atoms with Gasteiger partial charge in [-0.05, 0) is 0 Å². The molecule has 1 radical (unpaired) electrons. The average Bonchev–Trinajstić information content (AvgIpc) is 0.811. The van der Waals surface area contributed by atoms with Crippen molar-refractivity contribution in [3.05, 3.63) is 0 Å². The van der Waals surface area contributed by atoms with E-state index in [1.807, 2.05) is 0 Å². The maximum Gasteiger partial charge on any atom is 2.00 e. The van der Waals surface area contributed by atoms with Gasteiger partial charge < -0.3 is 12.4 Å². The van der Waals surface area contributed by atoms with Gasteiger partial charge in [-0.25, -0.2) is 0 Å². The predicted molar refractivity (Wildman–Crippen MR) is 17.7 cm³/mol. The van der Waals surface area contributed by atoms with Crippen molar-refractivity contribution in [1.82, 2.24) is 0 Å². The Hall–Kier alpha value is 0.903. The molecule has 0 spiro atoms. The third-order valence-corrected chi connectivity index (χ3v) is 0. The van der Waals surface area contributed by atoms with Crippen LogP contribution in [0.1, 0.15) is 0 Å². The van der Waals surface area contributed by atoms with Gasteiger partial charge in [0.2, 0.25) is 0 Å². The molecule has 0 aliphatic carbocycles. The van der Waals surface area contributed by atoms with Crippen LogP contribution in [-0.4, -0.2) is 20.7 Å². The molecule has 0 aromatic rings. The number of rotatable bonds is 0. The summed E-state index contributed by atoms with van der Waals surface area (Å²) in [5, 5.41) is 6.22. The fourth-order valence-electron chi connectivity index (χ4n) is 0. The standard InChI is InChI=1S/CH3N2Se.ClH.Zn/c2-1(3)4;;/h(H3,2,3);1H;/q;;+2/p-1. The Morgan fingerprint density at radius 3 is 1.67 bits per heavy atom. The summed E-state index contributed by atoms with van der Waals surface area (Å²) in [7, 11) is 0. The first-order chi connectivity index (χ1) is 1.73. The molecule has 31 valence electrons. The summed E-state index contributed by atoms with van der Waals surface area (Å²) in [5.74, 6) is 0. The second kappa shape index (κ2) is 9.32. The second-order valence-electron chi connectivity index (χ2n) is 0.364. The van der Waals surface area contributed by atoms with E-state index in [0.717, 1.165) is 0 Å². The zero-order valence-electron chi connectivity index (χ0n) is 3.07. The first-order valence-electron chi connectivity index (χ1n) is 0.743. The molecule has 2 nitrogen and oxygen atoms in total. The maximum atomic E-state index is 6.22. The van der Waals surface area contributed by atoms with Crippen LogP contribution in [0.2, 0.25) is 0 Å². The SMILES string of the molecule is N=C(N)[Se].[Cl-].[Zn+2]. The van der Waals surface area contributed by atoms with Gasteiger partial charge in [0.15, 0.2) is 0 Å². The van der Waals surface area contributed by atoms with E-state index < -0.39 is 0 Å². The van der Waals surface area contributed by atoms with E-state index in [4.69, 9.17) is 5.41 Å². The molecule has 0 saturated heterocycles. The number of halogens is 1. The van der Waals surface area contributed by atoms with E-state index in [0.29, 0.717) is 0 Å². The molecule has 0 fully saturated rings. The van der Waals surface area contributed by atoms with E-state index in [1.54, 1.807) is 0 Å². The normalized spacial score (nSPS) is 4.00. The minimum absolute atomic E-state index is 0. The quantitative estimate of drug-likeness (QED) is 0.246. The van der Waals surface area contributed by atoms with Gasteiger partial charge in [-0.3, -0.25) is 0 Å². The molecule has 0 saturated carbocycles. The number of nitrogens with two attached hydrogens (primary N) is 1. The Balaban J connectivity index is -0.0000000450. The van der Waals surface area contributed by atoms with E-state index in [-0.39, 0.29) is 36.6 Å². The molecule has 0 bridgehead atoms. The Morgan fingerprint density at radius 1 is 1.67 bits per heavy atom. The van der Waals surface area contributed by atoms with Crippen molar-refractivity contribution < 1.29 is 31.9 Å². The monoisotopic (exact) mass is 222 g/mol. The fraction of sp³-hybridized carbons (Fsp3) is 0.